The lowest BCUT2D eigenvalue weighted by Gasteiger charge is -2.36. The highest BCUT2D eigenvalue weighted by Crippen LogP contribution is 2.36. The van der Waals surface area contributed by atoms with Gasteiger partial charge in [-0.15, -0.1) is 5.10 Å². The summed E-state index contributed by atoms with van der Waals surface area (Å²) in [5, 5.41) is 8.52. The normalized spacial score (nSPS) is 19.6. The van der Waals surface area contributed by atoms with Crippen LogP contribution in [-0.2, 0) is 10.5 Å². The Morgan fingerprint density at radius 3 is 2.71 bits per heavy atom. The van der Waals surface area contributed by atoms with E-state index < -0.39 is 0 Å². The van der Waals surface area contributed by atoms with Gasteiger partial charge in [0, 0.05) is 7.11 Å². The maximum atomic E-state index is 5.79. The summed E-state index contributed by atoms with van der Waals surface area (Å²) in [5.41, 5.74) is 1.72. The third-order valence-electron chi connectivity index (χ3n) is 3.75. The van der Waals surface area contributed by atoms with Crippen LogP contribution in [-0.4, -0.2) is 22.1 Å². The zero-order chi connectivity index (χ0) is 11.7. The van der Waals surface area contributed by atoms with Crippen LogP contribution >= 0.6 is 0 Å². The maximum Gasteiger partial charge on any atom is 0.162 e. The van der Waals surface area contributed by atoms with Gasteiger partial charge in [-0.05, 0) is 37.8 Å². The van der Waals surface area contributed by atoms with E-state index in [1.807, 2.05) is 22.9 Å². The summed E-state index contributed by atoms with van der Waals surface area (Å²) in [6.45, 7) is 0. The van der Waals surface area contributed by atoms with E-state index in [0.717, 1.165) is 23.9 Å². The molecule has 1 saturated carbocycles. The molecular weight excluding hydrogens is 214 g/mol. The molecule has 0 N–H and O–H groups in total. The third kappa shape index (κ3) is 1.63. The molecule has 1 aromatic heterocycles. The number of nitrogens with zero attached hydrogens (tertiary/aromatic N) is 3. The van der Waals surface area contributed by atoms with Crippen molar-refractivity contribution >= 4 is 11.0 Å². The minimum absolute atomic E-state index is 0.283. The number of aromatic nitrogens is 3. The van der Waals surface area contributed by atoms with E-state index in [0.29, 0.717) is 0 Å². The van der Waals surface area contributed by atoms with Crippen molar-refractivity contribution in [1.29, 1.82) is 0 Å². The summed E-state index contributed by atoms with van der Waals surface area (Å²) in [5.74, 6) is 0. The molecule has 1 aliphatic rings. The van der Waals surface area contributed by atoms with E-state index in [2.05, 4.69) is 16.4 Å². The molecule has 90 valence electrons. The zero-order valence-electron chi connectivity index (χ0n) is 10.1. The third-order valence-corrected chi connectivity index (χ3v) is 3.75. The zero-order valence-corrected chi connectivity index (χ0v) is 10.1. The van der Waals surface area contributed by atoms with Crippen LogP contribution in [0.1, 0.15) is 32.1 Å². The van der Waals surface area contributed by atoms with E-state index in [1.165, 1.54) is 19.3 Å². The average Bonchev–Trinajstić information content (AvgIpc) is 2.84. The average molecular weight is 231 g/mol. The molecule has 2 aromatic rings. The van der Waals surface area contributed by atoms with Crippen LogP contribution in [0, 0.1) is 0 Å². The first-order chi connectivity index (χ1) is 8.36. The van der Waals surface area contributed by atoms with Gasteiger partial charge in [-0.3, -0.25) is 0 Å². The van der Waals surface area contributed by atoms with E-state index in [4.69, 9.17) is 4.74 Å². The van der Waals surface area contributed by atoms with E-state index in [-0.39, 0.29) is 5.72 Å². The van der Waals surface area contributed by atoms with E-state index in [9.17, 15) is 0 Å². The number of hydrogen-bond donors (Lipinski definition) is 0. The first-order valence-electron chi connectivity index (χ1n) is 6.22. The molecule has 0 atom stereocenters. The Bertz CT molecular complexity index is 514. The molecule has 4 nitrogen and oxygen atoms in total. The summed E-state index contributed by atoms with van der Waals surface area (Å²) < 4.78 is 7.77. The van der Waals surface area contributed by atoms with Gasteiger partial charge in [-0.2, -0.15) is 0 Å². The Morgan fingerprint density at radius 1 is 1.18 bits per heavy atom. The van der Waals surface area contributed by atoms with Crippen molar-refractivity contribution in [3.05, 3.63) is 24.3 Å². The van der Waals surface area contributed by atoms with Crippen LogP contribution in [0.25, 0.3) is 11.0 Å². The van der Waals surface area contributed by atoms with Crippen molar-refractivity contribution in [1.82, 2.24) is 15.0 Å². The smallest absolute Gasteiger partial charge is 0.162 e. The molecule has 0 unspecified atom stereocenters. The number of para-hydroxylation sites is 1. The first-order valence-corrected chi connectivity index (χ1v) is 6.22. The summed E-state index contributed by atoms with van der Waals surface area (Å²) >= 11 is 0. The maximum absolute atomic E-state index is 5.79. The van der Waals surface area contributed by atoms with Crippen molar-refractivity contribution in [3.63, 3.8) is 0 Å². The van der Waals surface area contributed by atoms with Gasteiger partial charge in [0.15, 0.2) is 5.72 Å². The second kappa shape index (κ2) is 4.11. The highest BCUT2D eigenvalue weighted by molar-refractivity contribution is 5.74. The second-order valence-corrected chi connectivity index (χ2v) is 4.70. The highest BCUT2D eigenvalue weighted by Gasteiger charge is 2.36. The Labute approximate surface area is 101 Å². The minimum Gasteiger partial charge on any atom is -0.357 e. The van der Waals surface area contributed by atoms with Crippen molar-refractivity contribution in [3.8, 4) is 0 Å². The van der Waals surface area contributed by atoms with Crippen LogP contribution in [0.15, 0.2) is 24.3 Å². The molecule has 1 aromatic carbocycles. The van der Waals surface area contributed by atoms with Crippen LogP contribution in [0.5, 0.6) is 0 Å². The predicted octanol–water partition coefficient (Wildman–Crippen LogP) is 2.69. The molecule has 0 spiro atoms. The van der Waals surface area contributed by atoms with Gasteiger partial charge < -0.3 is 4.74 Å². The Kier molecular flexibility index (Phi) is 2.59. The summed E-state index contributed by atoms with van der Waals surface area (Å²) in [6.07, 6.45) is 5.73. The lowest BCUT2D eigenvalue weighted by atomic mass is 9.91. The highest BCUT2D eigenvalue weighted by atomic mass is 16.5. The lowest BCUT2D eigenvalue weighted by Crippen LogP contribution is -2.38. The Morgan fingerprint density at radius 2 is 1.94 bits per heavy atom. The standard InChI is InChI=1S/C13H17N3O/c1-17-13(9-5-2-6-10-13)16-12-8-4-3-7-11(12)14-15-16/h3-4,7-8H,2,5-6,9-10H2,1H3. The van der Waals surface area contributed by atoms with Crippen LogP contribution in [0.2, 0.25) is 0 Å². The van der Waals surface area contributed by atoms with Gasteiger partial charge in [0.2, 0.25) is 0 Å². The lowest BCUT2D eigenvalue weighted by molar-refractivity contribution is -0.111. The van der Waals surface area contributed by atoms with Crippen molar-refractivity contribution in [2.24, 2.45) is 0 Å². The van der Waals surface area contributed by atoms with Gasteiger partial charge in [-0.1, -0.05) is 23.8 Å². The summed E-state index contributed by atoms with van der Waals surface area (Å²) in [6, 6.07) is 8.06. The Hall–Kier alpha value is -1.42. The van der Waals surface area contributed by atoms with Crippen LogP contribution < -0.4 is 0 Å². The van der Waals surface area contributed by atoms with Gasteiger partial charge in [0.1, 0.15) is 5.52 Å². The van der Waals surface area contributed by atoms with Gasteiger partial charge in [0.25, 0.3) is 0 Å². The topological polar surface area (TPSA) is 39.9 Å². The fourth-order valence-electron chi connectivity index (χ4n) is 2.78. The molecule has 4 heteroatoms. The number of benzene rings is 1. The SMILES string of the molecule is COC1(n2nnc3ccccc32)CCCCC1. The molecule has 0 amide bonds. The minimum atomic E-state index is -0.283. The molecule has 3 rings (SSSR count). The predicted molar refractivity (Wildman–Crippen MR) is 65.6 cm³/mol. The molecule has 17 heavy (non-hydrogen) atoms. The Balaban J connectivity index is 2.12. The quantitative estimate of drug-likeness (QED) is 0.797. The number of fused-ring (bicyclic) bond motifs is 1. The largest absolute Gasteiger partial charge is 0.357 e. The number of hydrogen-bond acceptors (Lipinski definition) is 3. The van der Waals surface area contributed by atoms with Gasteiger partial charge in [-0.25, -0.2) is 4.68 Å². The molecule has 0 aliphatic heterocycles. The second-order valence-electron chi connectivity index (χ2n) is 4.70. The van der Waals surface area contributed by atoms with Crippen molar-refractivity contribution in [2.45, 2.75) is 37.8 Å². The van der Waals surface area contributed by atoms with Crippen LogP contribution in [0.3, 0.4) is 0 Å². The number of rotatable bonds is 2. The van der Waals surface area contributed by atoms with Gasteiger partial charge in [0.05, 0.1) is 5.52 Å². The van der Waals surface area contributed by atoms with Crippen LogP contribution in [0.4, 0.5) is 0 Å². The fourth-order valence-corrected chi connectivity index (χ4v) is 2.78. The molecule has 0 saturated heterocycles. The van der Waals surface area contributed by atoms with Gasteiger partial charge >= 0.3 is 0 Å². The summed E-state index contributed by atoms with van der Waals surface area (Å²) in [4.78, 5) is 0. The summed E-state index contributed by atoms with van der Waals surface area (Å²) in [7, 11) is 1.78. The molecule has 1 fully saturated rings. The molecule has 0 bridgehead atoms. The van der Waals surface area contributed by atoms with Crippen molar-refractivity contribution in [2.75, 3.05) is 7.11 Å². The van der Waals surface area contributed by atoms with E-state index >= 15 is 0 Å². The fraction of sp³-hybridized carbons (Fsp3) is 0.538. The number of methoxy groups -OCH3 is 1. The molecule has 0 radical (unpaired) electrons. The number of ether oxygens (including phenoxy) is 1. The molecule has 1 aliphatic carbocycles. The monoisotopic (exact) mass is 231 g/mol. The van der Waals surface area contributed by atoms with E-state index in [1.54, 1.807) is 7.11 Å². The van der Waals surface area contributed by atoms with Crippen molar-refractivity contribution < 1.29 is 4.74 Å². The molecular formula is C13H17N3O. The first kappa shape index (κ1) is 10.7. The molecule has 1 heterocycles.